The molecule has 124 valence electrons. The van der Waals surface area contributed by atoms with Crippen molar-refractivity contribution in [3.8, 4) is 0 Å². The maximum Gasteiger partial charge on any atom is 0.309 e. The molecule has 0 aromatic heterocycles. The Morgan fingerprint density at radius 1 is 0.857 bits per heavy atom. The Morgan fingerprint density at radius 2 is 1.33 bits per heavy atom. The molecule has 6 heteroatoms. The Balaban J connectivity index is 3.82. The normalized spacial score (nSPS) is 15.1. The topological polar surface area (TPSA) is 71.1 Å². The molecule has 0 saturated carbocycles. The second-order valence-corrected chi connectivity index (χ2v) is 5.16. The van der Waals surface area contributed by atoms with Gasteiger partial charge in [0.2, 0.25) is 0 Å². The molecular formula is C15H28O6. The van der Waals surface area contributed by atoms with Crippen LogP contribution in [-0.4, -0.2) is 51.6 Å². The lowest BCUT2D eigenvalue weighted by Crippen LogP contribution is -2.22. The van der Waals surface area contributed by atoms with Crippen molar-refractivity contribution in [1.82, 2.24) is 0 Å². The molecule has 0 rings (SSSR count). The fourth-order valence-electron chi connectivity index (χ4n) is 1.43. The molecule has 0 spiro atoms. The van der Waals surface area contributed by atoms with Crippen molar-refractivity contribution in [3.05, 3.63) is 0 Å². The summed E-state index contributed by atoms with van der Waals surface area (Å²) in [7, 11) is 3.21. The third-order valence-electron chi connectivity index (χ3n) is 3.24. The van der Waals surface area contributed by atoms with E-state index in [-0.39, 0.29) is 24.6 Å². The average Bonchev–Trinajstić information content (AvgIpc) is 2.46. The van der Waals surface area contributed by atoms with Gasteiger partial charge in [-0.3, -0.25) is 9.59 Å². The lowest BCUT2D eigenvalue weighted by molar-refractivity contribution is -0.155. The van der Waals surface area contributed by atoms with Crippen LogP contribution in [0.2, 0.25) is 0 Å². The smallest absolute Gasteiger partial charge is 0.309 e. The Hall–Kier alpha value is -1.14. The van der Waals surface area contributed by atoms with Crippen molar-refractivity contribution in [2.24, 2.45) is 5.92 Å². The second kappa shape index (κ2) is 11.5. The highest BCUT2D eigenvalue weighted by atomic mass is 16.5. The molecule has 0 aliphatic heterocycles. The first-order valence-corrected chi connectivity index (χ1v) is 7.28. The number of ether oxygens (including phenoxy) is 4. The van der Waals surface area contributed by atoms with Crippen LogP contribution in [0.5, 0.6) is 0 Å². The zero-order valence-electron chi connectivity index (χ0n) is 13.7. The molecule has 21 heavy (non-hydrogen) atoms. The Kier molecular flexibility index (Phi) is 10.9. The first kappa shape index (κ1) is 19.9. The fourth-order valence-corrected chi connectivity index (χ4v) is 1.43. The van der Waals surface area contributed by atoms with Gasteiger partial charge in [0.1, 0.15) is 0 Å². The number of esters is 2. The third-order valence-corrected chi connectivity index (χ3v) is 3.24. The molecule has 0 heterocycles. The number of rotatable bonds is 11. The average molecular weight is 304 g/mol. The van der Waals surface area contributed by atoms with E-state index in [1.165, 1.54) is 0 Å². The summed E-state index contributed by atoms with van der Waals surface area (Å²) in [5.74, 6) is -1.29. The number of hydrogen-bond acceptors (Lipinski definition) is 6. The zero-order valence-corrected chi connectivity index (χ0v) is 13.7. The highest BCUT2D eigenvalue weighted by Crippen LogP contribution is 2.08. The van der Waals surface area contributed by atoms with E-state index in [2.05, 4.69) is 0 Å². The van der Waals surface area contributed by atoms with E-state index in [1.54, 1.807) is 21.1 Å². The zero-order chi connectivity index (χ0) is 16.3. The van der Waals surface area contributed by atoms with E-state index in [4.69, 9.17) is 18.9 Å². The summed E-state index contributed by atoms with van der Waals surface area (Å²) >= 11 is 0. The van der Waals surface area contributed by atoms with Gasteiger partial charge >= 0.3 is 11.9 Å². The van der Waals surface area contributed by atoms with Gasteiger partial charge in [0.15, 0.2) is 0 Å². The van der Waals surface area contributed by atoms with Crippen molar-refractivity contribution in [2.45, 2.75) is 52.2 Å². The number of carbonyl (C=O) groups excluding carboxylic acids is 2. The largest absolute Gasteiger partial charge is 0.466 e. The van der Waals surface area contributed by atoms with Gasteiger partial charge in [-0.25, -0.2) is 0 Å². The number of methoxy groups -OCH3 is 2. The van der Waals surface area contributed by atoms with Crippen molar-refractivity contribution in [1.29, 1.82) is 0 Å². The highest BCUT2D eigenvalue weighted by molar-refractivity contribution is 5.79. The number of carbonyl (C=O) groups is 2. The van der Waals surface area contributed by atoms with E-state index in [1.807, 2.05) is 13.8 Å². The van der Waals surface area contributed by atoms with Gasteiger partial charge in [0.05, 0.1) is 37.8 Å². The molecule has 0 fully saturated rings. The predicted molar refractivity (Wildman–Crippen MR) is 77.9 cm³/mol. The predicted octanol–water partition coefficient (Wildman–Crippen LogP) is 1.95. The second-order valence-electron chi connectivity index (χ2n) is 5.16. The van der Waals surface area contributed by atoms with Crippen LogP contribution in [0.3, 0.4) is 0 Å². The minimum absolute atomic E-state index is 0.0278. The lowest BCUT2D eigenvalue weighted by atomic mass is 10.1. The molecular weight excluding hydrogens is 276 g/mol. The van der Waals surface area contributed by atoms with Crippen LogP contribution in [0.15, 0.2) is 0 Å². The summed E-state index contributed by atoms with van der Waals surface area (Å²) < 4.78 is 20.2. The third kappa shape index (κ3) is 10.3. The van der Waals surface area contributed by atoms with Gasteiger partial charge in [-0.2, -0.15) is 0 Å². The standard InChI is InChI=1S/C15H28O6/c1-11(15(17)21-9-7-13(3)19-5)10-14(16)20-8-6-12(2)18-4/h11-13H,6-10H2,1-5H3. The number of hydrogen-bond donors (Lipinski definition) is 0. The van der Waals surface area contributed by atoms with Crippen molar-refractivity contribution < 1.29 is 28.5 Å². The van der Waals surface area contributed by atoms with Crippen LogP contribution in [0.4, 0.5) is 0 Å². The SMILES string of the molecule is COC(C)CCOC(=O)CC(C)C(=O)OCCC(C)OC. The minimum Gasteiger partial charge on any atom is -0.466 e. The summed E-state index contributed by atoms with van der Waals surface area (Å²) in [5.41, 5.74) is 0. The lowest BCUT2D eigenvalue weighted by Gasteiger charge is -2.14. The van der Waals surface area contributed by atoms with Crippen LogP contribution >= 0.6 is 0 Å². The fraction of sp³-hybridized carbons (Fsp3) is 0.867. The summed E-state index contributed by atoms with van der Waals surface area (Å²) in [5, 5.41) is 0. The van der Waals surface area contributed by atoms with E-state index in [0.29, 0.717) is 26.1 Å². The molecule has 0 aliphatic carbocycles. The molecule has 0 aliphatic rings. The maximum atomic E-state index is 11.7. The van der Waals surface area contributed by atoms with Crippen LogP contribution in [0, 0.1) is 5.92 Å². The molecule has 0 N–H and O–H groups in total. The van der Waals surface area contributed by atoms with Crippen LogP contribution in [0.1, 0.15) is 40.0 Å². The van der Waals surface area contributed by atoms with Gasteiger partial charge in [-0.15, -0.1) is 0 Å². The summed E-state index contributed by atoms with van der Waals surface area (Å²) in [6.45, 7) is 6.03. The van der Waals surface area contributed by atoms with E-state index in [0.717, 1.165) is 0 Å². The van der Waals surface area contributed by atoms with Crippen molar-refractivity contribution >= 4 is 11.9 Å². The van der Waals surface area contributed by atoms with Crippen LogP contribution in [0.25, 0.3) is 0 Å². The first-order chi connectivity index (χ1) is 9.90. The molecule has 0 bridgehead atoms. The van der Waals surface area contributed by atoms with Crippen LogP contribution in [-0.2, 0) is 28.5 Å². The van der Waals surface area contributed by atoms with Crippen molar-refractivity contribution in [3.63, 3.8) is 0 Å². The van der Waals surface area contributed by atoms with E-state index < -0.39 is 11.9 Å². The van der Waals surface area contributed by atoms with E-state index in [9.17, 15) is 9.59 Å². The van der Waals surface area contributed by atoms with Crippen LogP contribution < -0.4 is 0 Å². The van der Waals surface area contributed by atoms with Gasteiger partial charge < -0.3 is 18.9 Å². The molecule has 3 atom stereocenters. The quantitative estimate of drug-likeness (QED) is 0.543. The monoisotopic (exact) mass is 304 g/mol. The summed E-state index contributed by atoms with van der Waals surface area (Å²) in [6.07, 6.45) is 1.38. The molecule has 0 amide bonds. The van der Waals surface area contributed by atoms with Gasteiger partial charge in [0, 0.05) is 27.1 Å². The molecule has 6 nitrogen and oxygen atoms in total. The Morgan fingerprint density at radius 3 is 1.81 bits per heavy atom. The van der Waals surface area contributed by atoms with Gasteiger partial charge in [-0.1, -0.05) is 6.92 Å². The maximum absolute atomic E-state index is 11.7. The van der Waals surface area contributed by atoms with E-state index >= 15 is 0 Å². The Labute approximate surface area is 127 Å². The molecule has 3 unspecified atom stereocenters. The van der Waals surface area contributed by atoms with Gasteiger partial charge in [-0.05, 0) is 13.8 Å². The molecule has 0 aromatic rings. The highest BCUT2D eigenvalue weighted by Gasteiger charge is 2.19. The molecule has 0 aromatic carbocycles. The first-order valence-electron chi connectivity index (χ1n) is 7.28. The summed E-state index contributed by atoms with van der Waals surface area (Å²) in [4.78, 5) is 23.3. The van der Waals surface area contributed by atoms with Gasteiger partial charge in [0.25, 0.3) is 0 Å². The van der Waals surface area contributed by atoms with Crippen molar-refractivity contribution in [2.75, 3.05) is 27.4 Å². The molecule has 0 saturated heterocycles. The minimum atomic E-state index is -0.504. The molecule has 0 radical (unpaired) electrons. The summed E-state index contributed by atoms with van der Waals surface area (Å²) in [6, 6.07) is 0. The Bertz CT molecular complexity index is 305.